The Balaban J connectivity index is 1.45. The molecule has 0 saturated heterocycles. The highest BCUT2D eigenvalue weighted by Crippen LogP contribution is 2.26. The monoisotopic (exact) mass is 482 g/mol. The Morgan fingerprint density at radius 1 is 1.09 bits per heavy atom. The number of hydrazone groups is 1. The molecule has 1 aromatic heterocycles. The van der Waals surface area contributed by atoms with Crippen molar-refractivity contribution in [3.63, 3.8) is 0 Å². The zero-order valence-corrected chi connectivity index (χ0v) is 19.6. The third-order valence-electron chi connectivity index (χ3n) is 4.79. The van der Waals surface area contributed by atoms with E-state index in [4.69, 9.17) is 28.2 Å². The van der Waals surface area contributed by atoms with Crippen molar-refractivity contribution >= 4 is 58.1 Å². The smallest absolute Gasteiger partial charge is 0.250 e. The molecule has 0 aliphatic heterocycles. The number of halogens is 2. The molecule has 4 aromatic rings. The molecule has 5 nitrogen and oxygen atoms in total. The Labute approximate surface area is 200 Å². The summed E-state index contributed by atoms with van der Waals surface area (Å²) < 4.78 is 2.13. The molecule has 0 aliphatic rings. The molecule has 1 heterocycles. The van der Waals surface area contributed by atoms with Crippen molar-refractivity contribution in [3.8, 4) is 0 Å². The summed E-state index contributed by atoms with van der Waals surface area (Å²) in [5.74, 6) is -0.0592. The van der Waals surface area contributed by atoms with E-state index in [-0.39, 0.29) is 11.7 Å². The van der Waals surface area contributed by atoms with E-state index < -0.39 is 0 Å². The van der Waals surface area contributed by atoms with E-state index in [0.29, 0.717) is 22.2 Å². The van der Waals surface area contributed by atoms with Crippen LogP contribution in [0.2, 0.25) is 10.0 Å². The second-order valence-corrected chi connectivity index (χ2v) is 8.91. The fourth-order valence-corrected chi connectivity index (χ4v) is 4.31. The van der Waals surface area contributed by atoms with Gasteiger partial charge in [0.2, 0.25) is 0 Å². The molecule has 0 fully saturated rings. The first kappa shape index (κ1) is 22.4. The Morgan fingerprint density at radius 2 is 1.88 bits per heavy atom. The summed E-state index contributed by atoms with van der Waals surface area (Å²) in [5, 5.41) is 5.60. The van der Waals surface area contributed by atoms with Gasteiger partial charge in [0.25, 0.3) is 5.91 Å². The van der Waals surface area contributed by atoms with Crippen LogP contribution in [0.4, 0.5) is 0 Å². The number of hydrogen-bond donors (Lipinski definition) is 1. The van der Waals surface area contributed by atoms with E-state index in [9.17, 15) is 4.79 Å². The first-order valence-corrected chi connectivity index (χ1v) is 11.6. The number of nitrogens with zero attached hydrogens (tertiary/aromatic N) is 3. The van der Waals surface area contributed by atoms with E-state index in [1.807, 2.05) is 24.3 Å². The number of benzene rings is 3. The largest absolute Gasteiger partial charge is 0.314 e. The minimum Gasteiger partial charge on any atom is -0.314 e. The van der Waals surface area contributed by atoms with E-state index in [1.54, 1.807) is 18.2 Å². The normalized spacial score (nSPS) is 11.3. The second kappa shape index (κ2) is 10.2. The van der Waals surface area contributed by atoms with Crippen LogP contribution in [0.25, 0.3) is 11.0 Å². The number of carbonyl (C=O) groups is 1. The number of nitrogens with one attached hydrogen (secondary N) is 1. The molecule has 4 rings (SSSR count). The Hall–Kier alpha value is -2.80. The Morgan fingerprint density at radius 3 is 2.69 bits per heavy atom. The topological polar surface area (TPSA) is 59.3 Å². The van der Waals surface area contributed by atoms with Gasteiger partial charge in [-0.05, 0) is 30.7 Å². The summed E-state index contributed by atoms with van der Waals surface area (Å²) >= 11 is 13.5. The highest BCUT2D eigenvalue weighted by atomic mass is 35.5. The predicted octanol–water partition coefficient (Wildman–Crippen LogP) is 5.94. The van der Waals surface area contributed by atoms with Gasteiger partial charge >= 0.3 is 0 Å². The number of imidazole rings is 1. The molecule has 1 N–H and O–H groups in total. The molecule has 0 unspecified atom stereocenters. The van der Waals surface area contributed by atoms with Crippen LogP contribution in [0.1, 0.15) is 16.7 Å². The number of rotatable bonds is 7. The fraction of sp³-hybridized carbons (Fsp3) is 0.125. The number of fused-ring (bicyclic) bond motifs is 1. The lowest BCUT2D eigenvalue weighted by Gasteiger charge is -2.09. The van der Waals surface area contributed by atoms with Gasteiger partial charge in [-0.15, -0.1) is 0 Å². The molecule has 0 aliphatic carbocycles. The zero-order valence-electron chi connectivity index (χ0n) is 17.3. The molecular formula is C24H20Cl2N4OS. The van der Waals surface area contributed by atoms with Crippen molar-refractivity contribution in [3.05, 3.63) is 93.5 Å². The quantitative estimate of drug-likeness (QED) is 0.201. The van der Waals surface area contributed by atoms with Gasteiger partial charge in [-0.2, -0.15) is 5.10 Å². The van der Waals surface area contributed by atoms with Crippen LogP contribution < -0.4 is 5.43 Å². The van der Waals surface area contributed by atoms with E-state index in [1.165, 1.54) is 29.1 Å². The zero-order chi connectivity index (χ0) is 22.5. The molecular weight excluding hydrogens is 463 g/mol. The van der Waals surface area contributed by atoms with Crippen molar-refractivity contribution < 1.29 is 4.79 Å². The lowest BCUT2D eigenvalue weighted by molar-refractivity contribution is -0.118. The van der Waals surface area contributed by atoms with Crippen molar-refractivity contribution in [2.24, 2.45) is 5.10 Å². The minimum absolute atomic E-state index is 0.178. The number of thioether (sulfide) groups is 1. The van der Waals surface area contributed by atoms with Crippen LogP contribution in [-0.2, 0) is 11.3 Å². The van der Waals surface area contributed by atoms with Crippen molar-refractivity contribution in [1.82, 2.24) is 15.0 Å². The van der Waals surface area contributed by atoms with Crippen LogP contribution in [-0.4, -0.2) is 27.4 Å². The molecule has 0 saturated carbocycles. The van der Waals surface area contributed by atoms with Gasteiger partial charge in [0.1, 0.15) is 0 Å². The molecule has 8 heteroatoms. The van der Waals surface area contributed by atoms with Gasteiger partial charge in [-0.25, -0.2) is 10.4 Å². The number of para-hydroxylation sites is 2. The summed E-state index contributed by atoms with van der Waals surface area (Å²) in [7, 11) is 0. The van der Waals surface area contributed by atoms with Gasteiger partial charge in [0, 0.05) is 5.56 Å². The third kappa shape index (κ3) is 5.33. The van der Waals surface area contributed by atoms with Gasteiger partial charge in [0.15, 0.2) is 5.16 Å². The van der Waals surface area contributed by atoms with Crippen molar-refractivity contribution in [1.29, 1.82) is 0 Å². The standard InChI is InChI=1S/C24H20Cl2N4OS/c1-16-9-11-17(12-10-16)14-30-21-8-3-2-7-20(21)28-24(30)32-15-22(31)29-27-13-18-5-4-6-19(25)23(18)26/h2-13H,14-15H2,1H3,(H,29,31)/b27-13-. The molecule has 3 aromatic carbocycles. The molecule has 0 atom stereocenters. The number of amides is 1. The maximum atomic E-state index is 12.3. The summed E-state index contributed by atoms with van der Waals surface area (Å²) in [6, 6.07) is 21.6. The SMILES string of the molecule is Cc1ccc(Cn2c(SCC(=O)N/N=C\c3cccc(Cl)c3Cl)nc3ccccc32)cc1. The average molecular weight is 483 g/mol. The van der Waals surface area contributed by atoms with Crippen LogP contribution in [0.15, 0.2) is 77.0 Å². The lowest BCUT2D eigenvalue weighted by atomic mass is 10.1. The van der Waals surface area contributed by atoms with Gasteiger partial charge in [-0.1, -0.05) is 89.1 Å². The summed E-state index contributed by atoms with van der Waals surface area (Å²) in [6.45, 7) is 2.75. The van der Waals surface area contributed by atoms with E-state index in [2.05, 4.69) is 46.3 Å². The number of hydrogen-bond acceptors (Lipinski definition) is 4. The molecule has 32 heavy (non-hydrogen) atoms. The molecule has 0 radical (unpaired) electrons. The fourth-order valence-electron chi connectivity index (χ4n) is 3.15. The summed E-state index contributed by atoms with van der Waals surface area (Å²) in [6.07, 6.45) is 1.48. The molecule has 1 amide bonds. The first-order chi connectivity index (χ1) is 15.5. The van der Waals surface area contributed by atoms with E-state index in [0.717, 1.165) is 16.2 Å². The Kier molecular flexibility index (Phi) is 7.15. The minimum atomic E-state index is -0.238. The van der Waals surface area contributed by atoms with Gasteiger partial charge in [-0.3, -0.25) is 4.79 Å². The number of carbonyl (C=O) groups excluding carboxylic acids is 1. The van der Waals surface area contributed by atoms with Crippen molar-refractivity contribution in [2.75, 3.05) is 5.75 Å². The van der Waals surface area contributed by atoms with Crippen LogP contribution in [0, 0.1) is 6.92 Å². The van der Waals surface area contributed by atoms with Crippen LogP contribution in [0.5, 0.6) is 0 Å². The average Bonchev–Trinajstić information content (AvgIpc) is 3.14. The third-order valence-corrected chi connectivity index (χ3v) is 6.60. The van der Waals surface area contributed by atoms with E-state index >= 15 is 0 Å². The summed E-state index contributed by atoms with van der Waals surface area (Å²) in [4.78, 5) is 17.1. The number of aryl methyl sites for hydroxylation is 1. The lowest BCUT2D eigenvalue weighted by Crippen LogP contribution is -2.20. The second-order valence-electron chi connectivity index (χ2n) is 7.18. The van der Waals surface area contributed by atoms with Crippen LogP contribution >= 0.6 is 35.0 Å². The van der Waals surface area contributed by atoms with Crippen LogP contribution in [0.3, 0.4) is 0 Å². The Bertz CT molecular complexity index is 1290. The predicted molar refractivity (Wildman–Crippen MR) is 133 cm³/mol. The highest BCUT2D eigenvalue weighted by molar-refractivity contribution is 7.99. The maximum Gasteiger partial charge on any atom is 0.250 e. The number of aromatic nitrogens is 2. The molecule has 0 spiro atoms. The molecule has 0 bridgehead atoms. The first-order valence-electron chi connectivity index (χ1n) is 9.91. The summed E-state index contributed by atoms with van der Waals surface area (Å²) in [5.41, 5.74) is 7.48. The highest BCUT2D eigenvalue weighted by Gasteiger charge is 2.13. The van der Waals surface area contributed by atoms with Crippen molar-refractivity contribution in [2.45, 2.75) is 18.6 Å². The maximum absolute atomic E-state index is 12.3. The molecule has 162 valence electrons. The van der Waals surface area contributed by atoms with Gasteiger partial charge in [0.05, 0.1) is 39.6 Å². The van der Waals surface area contributed by atoms with Gasteiger partial charge < -0.3 is 4.57 Å².